The van der Waals surface area contributed by atoms with Crippen molar-refractivity contribution in [2.24, 2.45) is 5.92 Å². The summed E-state index contributed by atoms with van der Waals surface area (Å²) in [4.78, 5) is 10.6. The lowest BCUT2D eigenvalue weighted by molar-refractivity contribution is -0.148. The van der Waals surface area contributed by atoms with Crippen LogP contribution in [0, 0.1) is 5.92 Å². The zero-order valence-electron chi connectivity index (χ0n) is 7.75. The first-order valence-electron chi connectivity index (χ1n) is 4.50. The Bertz CT molecular complexity index is 153. The molecule has 1 fully saturated rings. The summed E-state index contributed by atoms with van der Waals surface area (Å²) in [5.74, 6) is 0.260. The molecule has 0 bridgehead atoms. The third-order valence-corrected chi connectivity index (χ3v) is 2.27. The number of nitrogens with zero attached hydrogens (tertiary/aromatic N) is 1. The lowest BCUT2D eigenvalue weighted by Crippen LogP contribution is -2.33. The number of hydrogen-bond donors (Lipinski definition) is 0. The Morgan fingerprint density at radius 2 is 2.42 bits per heavy atom. The number of rotatable bonds is 2. The second-order valence-corrected chi connectivity index (χ2v) is 3.35. The summed E-state index contributed by atoms with van der Waals surface area (Å²) < 4.78 is 5.09. The standard InChI is InChI=1S/C9H16NO2/c1-7(12-8(2)11)9-4-3-5-10-6-9/h7,9H,3-6H2,1-2H3. The van der Waals surface area contributed by atoms with Crippen LogP contribution in [0.2, 0.25) is 0 Å². The summed E-state index contributed by atoms with van der Waals surface area (Å²) in [6.45, 7) is 5.24. The molecule has 0 aromatic carbocycles. The Labute approximate surface area is 73.5 Å². The predicted octanol–water partition coefficient (Wildman–Crippen LogP) is 0.952. The van der Waals surface area contributed by atoms with Gasteiger partial charge >= 0.3 is 5.97 Å². The van der Waals surface area contributed by atoms with Gasteiger partial charge in [-0.15, -0.1) is 0 Å². The molecule has 2 unspecified atom stereocenters. The Hall–Kier alpha value is -0.570. The molecule has 0 spiro atoms. The maximum absolute atomic E-state index is 10.6. The van der Waals surface area contributed by atoms with Crippen molar-refractivity contribution in [3.63, 3.8) is 0 Å². The highest BCUT2D eigenvalue weighted by molar-refractivity contribution is 5.66. The fraction of sp³-hybridized carbons (Fsp3) is 0.889. The van der Waals surface area contributed by atoms with E-state index in [0.29, 0.717) is 5.92 Å². The highest BCUT2D eigenvalue weighted by Crippen LogP contribution is 2.17. The van der Waals surface area contributed by atoms with E-state index in [9.17, 15) is 4.79 Å². The summed E-state index contributed by atoms with van der Waals surface area (Å²) in [5.41, 5.74) is 0. The van der Waals surface area contributed by atoms with E-state index in [4.69, 9.17) is 4.74 Å². The van der Waals surface area contributed by atoms with Gasteiger partial charge in [0.15, 0.2) is 0 Å². The summed E-state index contributed by atoms with van der Waals surface area (Å²) in [6.07, 6.45) is 2.31. The molecule has 1 radical (unpaired) electrons. The van der Waals surface area contributed by atoms with Gasteiger partial charge in [-0.3, -0.25) is 4.79 Å². The molecule has 3 heteroatoms. The molecule has 0 N–H and O–H groups in total. The molecule has 0 aromatic rings. The van der Waals surface area contributed by atoms with E-state index < -0.39 is 0 Å². The minimum Gasteiger partial charge on any atom is -0.463 e. The van der Waals surface area contributed by atoms with Crippen molar-refractivity contribution >= 4 is 5.97 Å². The number of ether oxygens (including phenoxy) is 1. The van der Waals surface area contributed by atoms with E-state index >= 15 is 0 Å². The summed E-state index contributed by atoms with van der Waals surface area (Å²) >= 11 is 0. The number of carbonyl (C=O) groups excluding carboxylic acids is 1. The van der Waals surface area contributed by atoms with Crippen LogP contribution >= 0.6 is 0 Å². The van der Waals surface area contributed by atoms with E-state index in [1.807, 2.05) is 6.92 Å². The minimum absolute atomic E-state index is 0.0338. The van der Waals surface area contributed by atoms with E-state index in [-0.39, 0.29) is 12.1 Å². The largest absolute Gasteiger partial charge is 0.463 e. The monoisotopic (exact) mass is 170 g/mol. The summed E-state index contributed by atoms with van der Waals surface area (Å²) in [5, 5.41) is 4.30. The molecule has 1 rings (SSSR count). The molecular weight excluding hydrogens is 154 g/mol. The molecule has 1 heterocycles. The van der Waals surface area contributed by atoms with Gasteiger partial charge in [0.1, 0.15) is 6.10 Å². The zero-order chi connectivity index (χ0) is 8.97. The zero-order valence-corrected chi connectivity index (χ0v) is 7.75. The van der Waals surface area contributed by atoms with Gasteiger partial charge in [-0.1, -0.05) is 0 Å². The summed E-state index contributed by atoms with van der Waals surface area (Å²) in [7, 11) is 0. The van der Waals surface area contributed by atoms with E-state index in [1.165, 1.54) is 6.92 Å². The predicted molar refractivity (Wildman–Crippen MR) is 45.8 cm³/mol. The SMILES string of the molecule is CC(=O)OC(C)C1CCC[N]C1. The Kier molecular flexibility index (Phi) is 3.53. The van der Waals surface area contributed by atoms with Crippen LogP contribution in [-0.2, 0) is 9.53 Å². The normalized spacial score (nSPS) is 26.3. The van der Waals surface area contributed by atoms with Gasteiger partial charge in [-0.05, 0) is 19.8 Å². The second-order valence-electron chi connectivity index (χ2n) is 3.35. The molecule has 3 nitrogen and oxygen atoms in total. The first kappa shape index (κ1) is 9.52. The first-order chi connectivity index (χ1) is 5.70. The van der Waals surface area contributed by atoms with Crippen molar-refractivity contribution in [3.05, 3.63) is 0 Å². The van der Waals surface area contributed by atoms with Crippen molar-refractivity contribution < 1.29 is 9.53 Å². The van der Waals surface area contributed by atoms with E-state index in [0.717, 1.165) is 25.9 Å². The molecule has 0 amide bonds. The van der Waals surface area contributed by atoms with Gasteiger partial charge in [0.25, 0.3) is 0 Å². The van der Waals surface area contributed by atoms with Crippen LogP contribution in [0.15, 0.2) is 0 Å². The quantitative estimate of drug-likeness (QED) is 0.579. The lowest BCUT2D eigenvalue weighted by atomic mass is 9.95. The van der Waals surface area contributed by atoms with E-state index in [2.05, 4.69) is 5.32 Å². The molecule has 0 aliphatic carbocycles. The van der Waals surface area contributed by atoms with Crippen molar-refractivity contribution in [2.45, 2.75) is 32.8 Å². The molecule has 1 saturated heterocycles. The van der Waals surface area contributed by atoms with Crippen molar-refractivity contribution in [1.82, 2.24) is 5.32 Å². The van der Waals surface area contributed by atoms with Crippen LogP contribution < -0.4 is 5.32 Å². The average Bonchev–Trinajstić information content (AvgIpc) is 2.05. The summed E-state index contributed by atoms with van der Waals surface area (Å²) in [6, 6.07) is 0. The molecule has 1 aliphatic rings. The topological polar surface area (TPSA) is 40.4 Å². The fourth-order valence-electron chi connectivity index (χ4n) is 1.55. The van der Waals surface area contributed by atoms with Crippen LogP contribution in [0.3, 0.4) is 0 Å². The smallest absolute Gasteiger partial charge is 0.302 e. The lowest BCUT2D eigenvalue weighted by Gasteiger charge is -2.26. The highest BCUT2D eigenvalue weighted by atomic mass is 16.5. The van der Waals surface area contributed by atoms with Crippen LogP contribution in [0.1, 0.15) is 26.7 Å². The van der Waals surface area contributed by atoms with Crippen molar-refractivity contribution in [2.75, 3.05) is 13.1 Å². The number of esters is 1. The van der Waals surface area contributed by atoms with Gasteiger partial charge in [-0.2, -0.15) is 0 Å². The van der Waals surface area contributed by atoms with Gasteiger partial charge in [0.2, 0.25) is 0 Å². The van der Waals surface area contributed by atoms with Crippen LogP contribution in [0.4, 0.5) is 0 Å². The van der Waals surface area contributed by atoms with Crippen LogP contribution in [0.5, 0.6) is 0 Å². The highest BCUT2D eigenvalue weighted by Gasteiger charge is 2.22. The molecule has 1 aliphatic heterocycles. The van der Waals surface area contributed by atoms with Gasteiger partial charge in [-0.25, -0.2) is 5.32 Å². The Balaban J connectivity index is 2.29. The number of carbonyl (C=O) groups is 1. The van der Waals surface area contributed by atoms with Gasteiger partial charge < -0.3 is 4.74 Å². The third kappa shape index (κ3) is 2.81. The molecular formula is C9H16NO2. The molecule has 2 atom stereocenters. The third-order valence-electron chi connectivity index (χ3n) is 2.27. The number of hydrogen-bond acceptors (Lipinski definition) is 2. The fourth-order valence-corrected chi connectivity index (χ4v) is 1.55. The van der Waals surface area contributed by atoms with Crippen molar-refractivity contribution in [3.8, 4) is 0 Å². The van der Waals surface area contributed by atoms with Gasteiger partial charge in [0, 0.05) is 25.9 Å². The molecule has 12 heavy (non-hydrogen) atoms. The molecule has 69 valence electrons. The maximum Gasteiger partial charge on any atom is 0.302 e. The first-order valence-corrected chi connectivity index (χ1v) is 4.50. The minimum atomic E-state index is -0.187. The van der Waals surface area contributed by atoms with E-state index in [1.54, 1.807) is 0 Å². The second kappa shape index (κ2) is 4.45. The molecule has 0 aromatic heterocycles. The Morgan fingerprint density at radius 3 is 2.92 bits per heavy atom. The van der Waals surface area contributed by atoms with Crippen LogP contribution in [0.25, 0.3) is 0 Å². The maximum atomic E-state index is 10.6. The van der Waals surface area contributed by atoms with Gasteiger partial charge in [0.05, 0.1) is 0 Å². The number of piperidine rings is 1. The Morgan fingerprint density at radius 1 is 1.67 bits per heavy atom. The molecule has 0 saturated carbocycles. The average molecular weight is 170 g/mol. The van der Waals surface area contributed by atoms with Crippen molar-refractivity contribution in [1.29, 1.82) is 0 Å². The van der Waals surface area contributed by atoms with Crippen LogP contribution in [-0.4, -0.2) is 25.2 Å².